The summed E-state index contributed by atoms with van der Waals surface area (Å²) in [6.45, 7) is 3.19. The van der Waals surface area contributed by atoms with E-state index in [1.807, 2.05) is 11.0 Å². The van der Waals surface area contributed by atoms with E-state index in [1.54, 1.807) is 31.2 Å². The normalized spacial score (nSPS) is 21.0. The number of amides is 2. The van der Waals surface area contributed by atoms with Crippen molar-refractivity contribution < 1.29 is 19.1 Å². The summed E-state index contributed by atoms with van der Waals surface area (Å²) in [7, 11) is 0. The number of hydrogen-bond donors (Lipinski definition) is 0. The molecule has 24 heavy (non-hydrogen) atoms. The first-order valence-electron chi connectivity index (χ1n) is 8.18. The number of carbonyl (C=O) groups is 3. The molecule has 2 heterocycles. The van der Waals surface area contributed by atoms with Gasteiger partial charge in [-0.25, -0.2) is 4.90 Å². The smallest absolute Gasteiger partial charge is 0.310 e. The fourth-order valence-electron chi connectivity index (χ4n) is 3.15. The zero-order valence-corrected chi connectivity index (χ0v) is 13.6. The van der Waals surface area contributed by atoms with Gasteiger partial charge >= 0.3 is 5.97 Å². The molecule has 0 aromatic heterocycles. The fraction of sp³-hybridized carbons (Fsp3) is 0.389. The van der Waals surface area contributed by atoms with Gasteiger partial charge in [-0.15, -0.1) is 0 Å². The molecule has 1 atom stereocenters. The highest BCUT2D eigenvalue weighted by Gasteiger charge is 2.38. The van der Waals surface area contributed by atoms with Crippen LogP contribution in [-0.2, 0) is 19.1 Å². The fourth-order valence-corrected chi connectivity index (χ4v) is 3.15. The zero-order valence-electron chi connectivity index (χ0n) is 13.6. The molecular formula is C18H20N2O4. The van der Waals surface area contributed by atoms with Gasteiger partial charge in [0.15, 0.2) is 0 Å². The molecule has 6 heteroatoms. The number of rotatable bonds is 4. The summed E-state index contributed by atoms with van der Waals surface area (Å²) >= 11 is 0. The van der Waals surface area contributed by atoms with Crippen molar-refractivity contribution in [2.24, 2.45) is 5.92 Å². The van der Waals surface area contributed by atoms with E-state index in [4.69, 9.17) is 4.74 Å². The van der Waals surface area contributed by atoms with Crippen LogP contribution in [0.5, 0.6) is 0 Å². The largest absolute Gasteiger partial charge is 0.466 e. The molecule has 2 aliphatic heterocycles. The summed E-state index contributed by atoms with van der Waals surface area (Å²) in [4.78, 5) is 39.9. The average Bonchev–Trinajstić information content (AvgIpc) is 2.90. The number of ether oxygens (including phenoxy) is 1. The summed E-state index contributed by atoms with van der Waals surface area (Å²) in [5.74, 6) is -1.18. The minimum atomic E-state index is -0.348. The Morgan fingerprint density at radius 1 is 1.25 bits per heavy atom. The van der Waals surface area contributed by atoms with E-state index >= 15 is 0 Å². The molecule has 1 aromatic rings. The van der Waals surface area contributed by atoms with Crippen molar-refractivity contribution in [3.05, 3.63) is 42.1 Å². The highest BCUT2D eigenvalue weighted by molar-refractivity contribution is 6.30. The number of nitrogens with zero attached hydrogens (tertiary/aromatic N) is 2. The molecule has 0 radical (unpaired) electrons. The van der Waals surface area contributed by atoms with Crippen LogP contribution in [0.2, 0.25) is 0 Å². The van der Waals surface area contributed by atoms with Crippen LogP contribution in [0.1, 0.15) is 19.8 Å². The van der Waals surface area contributed by atoms with Crippen LogP contribution >= 0.6 is 0 Å². The van der Waals surface area contributed by atoms with E-state index in [2.05, 4.69) is 0 Å². The summed E-state index contributed by atoms with van der Waals surface area (Å²) in [6, 6.07) is 8.85. The van der Waals surface area contributed by atoms with Gasteiger partial charge < -0.3 is 9.64 Å². The zero-order chi connectivity index (χ0) is 17.1. The second-order valence-electron chi connectivity index (χ2n) is 5.88. The van der Waals surface area contributed by atoms with Crippen LogP contribution in [0, 0.1) is 5.92 Å². The van der Waals surface area contributed by atoms with Gasteiger partial charge in [0.25, 0.3) is 11.8 Å². The number of imide groups is 1. The van der Waals surface area contributed by atoms with Crippen molar-refractivity contribution >= 4 is 23.5 Å². The molecule has 0 unspecified atom stereocenters. The Balaban J connectivity index is 1.75. The molecule has 3 rings (SSSR count). The molecule has 2 amide bonds. The first-order valence-corrected chi connectivity index (χ1v) is 8.18. The number of para-hydroxylation sites is 1. The predicted molar refractivity (Wildman–Crippen MR) is 87.9 cm³/mol. The molecule has 126 valence electrons. The van der Waals surface area contributed by atoms with Gasteiger partial charge in [-0.1, -0.05) is 18.2 Å². The summed E-state index contributed by atoms with van der Waals surface area (Å²) in [6.07, 6.45) is 2.89. The molecule has 6 nitrogen and oxygen atoms in total. The third-order valence-corrected chi connectivity index (χ3v) is 4.30. The highest BCUT2D eigenvalue weighted by Crippen LogP contribution is 2.28. The van der Waals surface area contributed by atoms with E-state index in [9.17, 15) is 14.4 Å². The van der Waals surface area contributed by atoms with Crippen LogP contribution in [0.3, 0.4) is 0 Å². The molecule has 2 aliphatic rings. The van der Waals surface area contributed by atoms with E-state index in [0.717, 1.165) is 12.8 Å². The van der Waals surface area contributed by atoms with Gasteiger partial charge in [0.2, 0.25) is 0 Å². The van der Waals surface area contributed by atoms with Crippen molar-refractivity contribution in [2.75, 3.05) is 24.6 Å². The molecular weight excluding hydrogens is 308 g/mol. The second-order valence-corrected chi connectivity index (χ2v) is 5.88. The Morgan fingerprint density at radius 2 is 2.00 bits per heavy atom. The maximum absolute atomic E-state index is 12.7. The number of esters is 1. The number of carbonyl (C=O) groups excluding carboxylic acids is 3. The van der Waals surface area contributed by atoms with Gasteiger partial charge in [-0.05, 0) is 31.9 Å². The SMILES string of the molecule is CCOC(=O)[C@H]1CCCN(C2=CC(=O)N(c3ccccc3)C2=O)C1. The van der Waals surface area contributed by atoms with Crippen molar-refractivity contribution in [1.29, 1.82) is 0 Å². The molecule has 0 saturated carbocycles. The van der Waals surface area contributed by atoms with Crippen LogP contribution in [-0.4, -0.2) is 42.4 Å². The molecule has 1 fully saturated rings. The number of likely N-dealkylation sites (tertiary alicyclic amines) is 1. The van der Waals surface area contributed by atoms with E-state index in [-0.39, 0.29) is 23.7 Å². The van der Waals surface area contributed by atoms with Crippen molar-refractivity contribution in [1.82, 2.24) is 4.90 Å². The monoisotopic (exact) mass is 328 g/mol. The van der Waals surface area contributed by atoms with Crippen LogP contribution in [0.15, 0.2) is 42.1 Å². The standard InChI is InChI=1S/C18H20N2O4/c1-2-24-18(23)13-7-6-10-19(12-13)15-11-16(21)20(17(15)22)14-8-4-3-5-9-14/h3-5,8-9,11,13H,2,6-7,10,12H2,1H3/t13-/m0/s1. The number of anilines is 1. The van der Waals surface area contributed by atoms with Crippen LogP contribution in [0.25, 0.3) is 0 Å². The Morgan fingerprint density at radius 3 is 2.71 bits per heavy atom. The number of piperidine rings is 1. The average molecular weight is 328 g/mol. The van der Waals surface area contributed by atoms with Gasteiger partial charge in [0.05, 0.1) is 18.2 Å². The lowest BCUT2D eigenvalue weighted by Crippen LogP contribution is -2.42. The lowest BCUT2D eigenvalue weighted by Gasteiger charge is -2.33. The minimum absolute atomic E-state index is 0.237. The molecule has 0 aliphatic carbocycles. The maximum Gasteiger partial charge on any atom is 0.310 e. The minimum Gasteiger partial charge on any atom is -0.466 e. The van der Waals surface area contributed by atoms with Crippen LogP contribution in [0.4, 0.5) is 5.69 Å². The van der Waals surface area contributed by atoms with Crippen molar-refractivity contribution in [2.45, 2.75) is 19.8 Å². The highest BCUT2D eigenvalue weighted by atomic mass is 16.5. The third kappa shape index (κ3) is 3.04. The van der Waals surface area contributed by atoms with Crippen molar-refractivity contribution in [3.8, 4) is 0 Å². The number of hydrogen-bond acceptors (Lipinski definition) is 5. The second kappa shape index (κ2) is 6.86. The molecule has 0 N–H and O–H groups in total. The predicted octanol–water partition coefficient (Wildman–Crippen LogP) is 1.72. The van der Waals surface area contributed by atoms with Gasteiger partial charge in [0.1, 0.15) is 5.70 Å². The van der Waals surface area contributed by atoms with Crippen LogP contribution < -0.4 is 4.90 Å². The van der Waals surface area contributed by atoms with E-state index in [1.165, 1.54) is 11.0 Å². The number of benzene rings is 1. The Kier molecular flexibility index (Phi) is 4.64. The van der Waals surface area contributed by atoms with E-state index < -0.39 is 0 Å². The Labute approximate surface area is 140 Å². The van der Waals surface area contributed by atoms with Gasteiger partial charge in [0, 0.05) is 19.2 Å². The maximum atomic E-state index is 12.7. The van der Waals surface area contributed by atoms with Crippen molar-refractivity contribution in [3.63, 3.8) is 0 Å². The summed E-state index contributed by atoms with van der Waals surface area (Å²) < 4.78 is 5.08. The lowest BCUT2D eigenvalue weighted by molar-refractivity contribution is -0.149. The van der Waals surface area contributed by atoms with Gasteiger partial charge in [-0.2, -0.15) is 0 Å². The molecule has 0 bridgehead atoms. The first-order chi connectivity index (χ1) is 11.6. The first kappa shape index (κ1) is 16.2. The Bertz CT molecular complexity index is 684. The molecule has 0 spiro atoms. The third-order valence-electron chi connectivity index (χ3n) is 4.30. The summed E-state index contributed by atoms with van der Waals surface area (Å²) in [5.41, 5.74) is 0.913. The van der Waals surface area contributed by atoms with E-state index in [0.29, 0.717) is 31.1 Å². The van der Waals surface area contributed by atoms with Gasteiger partial charge in [-0.3, -0.25) is 14.4 Å². The quantitative estimate of drug-likeness (QED) is 0.622. The topological polar surface area (TPSA) is 66.9 Å². The lowest BCUT2D eigenvalue weighted by atomic mass is 9.97. The molecule has 1 saturated heterocycles. The Hall–Kier alpha value is -2.63. The molecule has 1 aromatic carbocycles. The summed E-state index contributed by atoms with van der Waals surface area (Å²) in [5, 5.41) is 0.